The molecule has 1 aliphatic heterocycles. The minimum Gasteiger partial charge on any atom is -0.362 e. The lowest BCUT2D eigenvalue weighted by Gasteiger charge is -2.35. The highest BCUT2D eigenvalue weighted by atomic mass is 35.5. The lowest BCUT2D eigenvalue weighted by atomic mass is 9.77. The van der Waals surface area contributed by atoms with Gasteiger partial charge in [-0.05, 0) is 62.0 Å². The zero-order chi connectivity index (χ0) is 23.3. The number of ether oxygens (including phenoxy) is 1. The molecule has 0 saturated heterocycles. The number of rotatable bonds is 4. The monoisotopic (exact) mass is 461 g/mol. The molecule has 0 fully saturated rings. The standard InChI is InChI=1S/C25H23ClF3NO2/c1-23(31)22-14-18(25(27,28)29)10-13-21(22)24(32-23,17-8-11-19(26)12-9-17)20-7-5-4-6-16(20)15-30(2)3/h4-14,31H,15H2,1-3H3. The summed E-state index contributed by atoms with van der Waals surface area (Å²) in [6.07, 6.45) is -4.54. The van der Waals surface area contributed by atoms with Crippen molar-refractivity contribution in [3.8, 4) is 0 Å². The molecule has 0 bridgehead atoms. The Morgan fingerprint density at radius 1 is 0.938 bits per heavy atom. The average Bonchev–Trinajstić information content (AvgIpc) is 2.96. The molecule has 1 aliphatic rings. The van der Waals surface area contributed by atoms with Crippen molar-refractivity contribution in [2.45, 2.75) is 31.0 Å². The highest BCUT2D eigenvalue weighted by molar-refractivity contribution is 6.30. The van der Waals surface area contributed by atoms with Crippen LogP contribution >= 0.6 is 11.6 Å². The van der Waals surface area contributed by atoms with Gasteiger partial charge in [0.1, 0.15) is 5.60 Å². The van der Waals surface area contributed by atoms with Crippen molar-refractivity contribution in [3.63, 3.8) is 0 Å². The van der Waals surface area contributed by atoms with E-state index in [2.05, 4.69) is 0 Å². The molecule has 0 saturated carbocycles. The molecular formula is C25H23ClF3NO2. The summed E-state index contributed by atoms with van der Waals surface area (Å²) in [5.41, 5.74) is 0.720. The molecule has 1 N–H and O–H groups in total. The van der Waals surface area contributed by atoms with Crippen LogP contribution in [-0.2, 0) is 28.8 Å². The molecular weight excluding hydrogens is 439 g/mol. The van der Waals surface area contributed by atoms with E-state index in [1.807, 2.05) is 43.3 Å². The number of aliphatic hydroxyl groups is 1. The third kappa shape index (κ3) is 3.82. The summed E-state index contributed by atoms with van der Waals surface area (Å²) >= 11 is 6.12. The van der Waals surface area contributed by atoms with Gasteiger partial charge in [-0.15, -0.1) is 0 Å². The summed E-state index contributed by atoms with van der Waals surface area (Å²) in [7, 11) is 3.86. The fraction of sp³-hybridized carbons (Fsp3) is 0.280. The van der Waals surface area contributed by atoms with E-state index in [1.165, 1.54) is 13.0 Å². The van der Waals surface area contributed by atoms with Gasteiger partial charge in [0.15, 0.2) is 5.79 Å². The van der Waals surface area contributed by atoms with E-state index < -0.39 is 23.1 Å². The van der Waals surface area contributed by atoms with Crippen LogP contribution in [-0.4, -0.2) is 24.1 Å². The number of benzene rings is 3. The highest BCUT2D eigenvalue weighted by Crippen LogP contribution is 2.54. The molecule has 3 aromatic rings. The molecule has 7 heteroatoms. The Hall–Kier alpha value is -2.38. The van der Waals surface area contributed by atoms with E-state index in [0.717, 1.165) is 23.3 Å². The average molecular weight is 462 g/mol. The number of hydrogen-bond donors (Lipinski definition) is 1. The van der Waals surface area contributed by atoms with Crippen molar-refractivity contribution in [2.75, 3.05) is 14.1 Å². The van der Waals surface area contributed by atoms with Gasteiger partial charge in [-0.1, -0.05) is 54.1 Å². The van der Waals surface area contributed by atoms with Crippen molar-refractivity contribution in [2.24, 2.45) is 0 Å². The maximum atomic E-state index is 13.5. The molecule has 1 heterocycles. The number of nitrogens with zero attached hydrogens (tertiary/aromatic N) is 1. The summed E-state index contributed by atoms with van der Waals surface area (Å²) < 4.78 is 46.7. The van der Waals surface area contributed by atoms with Gasteiger partial charge >= 0.3 is 6.18 Å². The topological polar surface area (TPSA) is 32.7 Å². The Labute approximate surface area is 190 Å². The quantitative estimate of drug-likeness (QED) is 0.524. The smallest absolute Gasteiger partial charge is 0.362 e. The maximum Gasteiger partial charge on any atom is 0.416 e. The second-order valence-electron chi connectivity index (χ2n) is 8.43. The van der Waals surface area contributed by atoms with E-state index in [-0.39, 0.29) is 5.56 Å². The van der Waals surface area contributed by atoms with Gasteiger partial charge in [-0.2, -0.15) is 13.2 Å². The van der Waals surface area contributed by atoms with E-state index in [0.29, 0.717) is 22.7 Å². The summed E-state index contributed by atoms with van der Waals surface area (Å²) in [5, 5.41) is 11.7. The van der Waals surface area contributed by atoms with Crippen LogP contribution in [0.15, 0.2) is 66.7 Å². The highest BCUT2D eigenvalue weighted by Gasteiger charge is 2.54. The van der Waals surface area contributed by atoms with Crippen molar-refractivity contribution >= 4 is 11.6 Å². The molecule has 0 radical (unpaired) electrons. The minimum atomic E-state index is -4.54. The third-order valence-corrected chi connectivity index (χ3v) is 5.96. The molecule has 168 valence electrons. The Morgan fingerprint density at radius 3 is 2.22 bits per heavy atom. The van der Waals surface area contributed by atoms with E-state index >= 15 is 0 Å². The maximum absolute atomic E-state index is 13.5. The Bertz CT molecular complexity index is 1140. The fourth-order valence-corrected chi connectivity index (χ4v) is 4.54. The van der Waals surface area contributed by atoms with Gasteiger partial charge in [-0.25, -0.2) is 0 Å². The zero-order valence-electron chi connectivity index (χ0n) is 17.9. The number of hydrogen-bond acceptors (Lipinski definition) is 3. The second kappa shape index (κ2) is 7.89. The first-order valence-electron chi connectivity index (χ1n) is 10.1. The molecule has 4 rings (SSSR count). The largest absolute Gasteiger partial charge is 0.416 e. The molecule has 2 atom stereocenters. The number of fused-ring (bicyclic) bond motifs is 1. The van der Waals surface area contributed by atoms with Crippen molar-refractivity contribution in [3.05, 3.63) is 105 Å². The van der Waals surface area contributed by atoms with Gasteiger partial charge in [0.25, 0.3) is 0 Å². The number of alkyl halides is 3. The van der Waals surface area contributed by atoms with Gasteiger partial charge in [0.05, 0.1) is 5.56 Å². The lowest BCUT2D eigenvalue weighted by molar-refractivity contribution is -0.225. The van der Waals surface area contributed by atoms with Crippen molar-refractivity contribution < 1.29 is 23.0 Å². The molecule has 32 heavy (non-hydrogen) atoms. The minimum absolute atomic E-state index is 0.0851. The van der Waals surface area contributed by atoms with Crippen LogP contribution in [0.1, 0.15) is 40.3 Å². The molecule has 0 amide bonds. The first kappa shape index (κ1) is 22.8. The third-order valence-electron chi connectivity index (χ3n) is 5.71. The Morgan fingerprint density at radius 2 is 1.59 bits per heavy atom. The van der Waals surface area contributed by atoms with Gasteiger partial charge in [0.2, 0.25) is 0 Å². The summed E-state index contributed by atoms with van der Waals surface area (Å²) in [4.78, 5) is 2.00. The second-order valence-corrected chi connectivity index (χ2v) is 8.86. The fourth-order valence-electron chi connectivity index (χ4n) is 4.42. The summed E-state index contributed by atoms with van der Waals surface area (Å²) in [5.74, 6) is -1.94. The van der Waals surface area contributed by atoms with Crippen LogP contribution in [0.25, 0.3) is 0 Å². The summed E-state index contributed by atoms with van der Waals surface area (Å²) in [6.45, 7) is 1.95. The molecule has 0 aromatic heterocycles. The van der Waals surface area contributed by atoms with Crippen molar-refractivity contribution in [1.29, 1.82) is 0 Å². The first-order chi connectivity index (χ1) is 14.9. The van der Waals surface area contributed by atoms with Crippen molar-refractivity contribution in [1.82, 2.24) is 4.90 Å². The van der Waals surface area contributed by atoms with Crippen LogP contribution in [0, 0.1) is 0 Å². The van der Waals surface area contributed by atoms with Crippen LogP contribution in [0.3, 0.4) is 0 Å². The predicted octanol–water partition coefficient (Wildman–Crippen LogP) is 5.91. The normalized spacial score (nSPS) is 22.9. The van der Waals surface area contributed by atoms with Crippen LogP contribution in [0.2, 0.25) is 5.02 Å². The van der Waals surface area contributed by atoms with E-state index in [1.54, 1.807) is 24.3 Å². The first-order valence-corrected chi connectivity index (χ1v) is 10.5. The zero-order valence-corrected chi connectivity index (χ0v) is 18.6. The predicted molar refractivity (Wildman–Crippen MR) is 117 cm³/mol. The number of halogens is 4. The molecule has 2 unspecified atom stereocenters. The van der Waals surface area contributed by atoms with Crippen LogP contribution < -0.4 is 0 Å². The van der Waals surface area contributed by atoms with Gasteiger partial charge in [0, 0.05) is 22.7 Å². The molecule has 3 aromatic carbocycles. The summed E-state index contributed by atoms with van der Waals surface area (Å²) in [6, 6.07) is 18.0. The van der Waals surface area contributed by atoms with Gasteiger partial charge < -0.3 is 14.7 Å². The molecule has 0 aliphatic carbocycles. The lowest BCUT2D eigenvalue weighted by Crippen LogP contribution is -2.34. The molecule has 0 spiro atoms. The molecule has 3 nitrogen and oxygen atoms in total. The van der Waals surface area contributed by atoms with Gasteiger partial charge in [-0.3, -0.25) is 0 Å². The Balaban J connectivity index is 2.06. The van der Waals surface area contributed by atoms with Crippen LogP contribution in [0.5, 0.6) is 0 Å². The van der Waals surface area contributed by atoms with E-state index in [4.69, 9.17) is 16.3 Å². The van der Waals surface area contributed by atoms with E-state index in [9.17, 15) is 18.3 Å². The van der Waals surface area contributed by atoms with Crippen LogP contribution in [0.4, 0.5) is 13.2 Å². The SMILES string of the molecule is CN(C)Cc1ccccc1C1(c2ccc(Cl)cc2)OC(C)(O)c2cc(C(F)(F)F)ccc21. The Kier molecular flexibility index (Phi) is 5.62.